The fraction of sp³-hybridized carbons (Fsp3) is 0.214. The standard InChI is InChI=1S/C14H12F3N3O4/c1-20-12(22)8(6-18-13(20)23)11(21)19-9-5-7(14(15,16)17)3-4-10(9)24-2/h3-6H,1-2H3,(H,18,23)(H,19,21). The Bertz CT molecular complexity index is 899. The Morgan fingerprint density at radius 1 is 1.29 bits per heavy atom. The smallest absolute Gasteiger partial charge is 0.416 e. The van der Waals surface area contributed by atoms with Crippen molar-refractivity contribution in [1.82, 2.24) is 9.55 Å². The van der Waals surface area contributed by atoms with E-state index in [4.69, 9.17) is 4.74 Å². The van der Waals surface area contributed by atoms with Gasteiger partial charge in [-0.3, -0.25) is 14.2 Å². The number of benzene rings is 1. The van der Waals surface area contributed by atoms with Crippen LogP contribution in [0, 0.1) is 0 Å². The number of halogens is 3. The fourth-order valence-electron chi connectivity index (χ4n) is 1.90. The molecule has 0 radical (unpaired) electrons. The lowest BCUT2D eigenvalue weighted by Crippen LogP contribution is -2.37. The molecule has 0 atom stereocenters. The summed E-state index contributed by atoms with van der Waals surface area (Å²) in [5.74, 6) is -0.998. The number of anilines is 1. The molecule has 1 heterocycles. The number of H-pyrrole nitrogens is 1. The van der Waals surface area contributed by atoms with Gasteiger partial charge in [-0.05, 0) is 18.2 Å². The van der Waals surface area contributed by atoms with Crippen molar-refractivity contribution in [3.8, 4) is 5.75 Å². The van der Waals surface area contributed by atoms with E-state index in [2.05, 4.69) is 10.3 Å². The molecule has 2 rings (SSSR count). The van der Waals surface area contributed by atoms with Gasteiger partial charge in [0.2, 0.25) is 0 Å². The lowest BCUT2D eigenvalue weighted by molar-refractivity contribution is -0.137. The van der Waals surface area contributed by atoms with Crippen molar-refractivity contribution in [2.75, 3.05) is 12.4 Å². The van der Waals surface area contributed by atoms with E-state index in [1.165, 1.54) is 7.11 Å². The molecule has 0 bridgehead atoms. The molecule has 0 unspecified atom stereocenters. The second-order valence-corrected chi connectivity index (χ2v) is 4.74. The molecule has 0 aliphatic heterocycles. The molecule has 2 aromatic rings. The van der Waals surface area contributed by atoms with E-state index in [-0.39, 0.29) is 11.4 Å². The van der Waals surface area contributed by atoms with Gasteiger partial charge in [0.05, 0.1) is 18.4 Å². The molecule has 0 aliphatic rings. The number of methoxy groups -OCH3 is 1. The highest BCUT2D eigenvalue weighted by molar-refractivity contribution is 6.04. The van der Waals surface area contributed by atoms with Crippen LogP contribution in [0.3, 0.4) is 0 Å². The Balaban J connectivity index is 2.44. The summed E-state index contributed by atoms with van der Waals surface area (Å²) in [6, 6.07) is 2.53. The van der Waals surface area contributed by atoms with Crippen LogP contribution >= 0.6 is 0 Å². The van der Waals surface area contributed by atoms with Crippen LogP contribution in [-0.2, 0) is 13.2 Å². The number of amides is 1. The van der Waals surface area contributed by atoms with Crippen molar-refractivity contribution in [2.24, 2.45) is 7.05 Å². The number of carbonyl (C=O) groups excluding carboxylic acids is 1. The predicted molar refractivity (Wildman–Crippen MR) is 78.3 cm³/mol. The van der Waals surface area contributed by atoms with Gasteiger partial charge >= 0.3 is 11.9 Å². The zero-order chi connectivity index (χ0) is 18.1. The van der Waals surface area contributed by atoms with Gasteiger partial charge in [0, 0.05) is 13.2 Å². The van der Waals surface area contributed by atoms with Gasteiger partial charge in [-0.1, -0.05) is 0 Å². The molecule has 0 spiro atoms. The third-order valence-corrected chi connectivity index (χ3v) is 3.20. The molecule has 7 nitrogen and oxygen atoms in total. The highest BCUT2D eigenvalue weighted by Crippen LogP contribution is 2.34. The van der Waals surface area contributed by atoms with Gasteiger partial charge in [0.25, 0.3) is 11.5 Å². The van der Waals surface area contributed by atoms with Crippen molar-refractivity contribution < 1.29 is 22.7 Å². The monoisotopic (exact) mass is 343 g/mol. The number of hydrogen-bond donors (Lipinski definition) is 2. The highest BCUT2D eigenvalue weighted by atomic mass is 19.4. The highest BCUT2D eigenvalue weighted by Gasteiger charge is 2.31. The number of alkyl halides is 3. The predicted octanol–water partition coefficient (Wildman–Crippen LogP) is 1.35. The van der Waals surface area contributed by atoms with E-state index in [0.29, 0.717) is 10.6 Å². The molecule has 0 aliphatic carbocycles. The lowest BCUT2D eigenvalue weighted by atomic mass is 10.1. The average molecular weight is 343 g/mol. The number of rotatable bonds is 3. The number of aromatic nitrogens is 2. The summed E-state index contributed by atoms with van der Waals surface area (Å²) < 4.78 is 43.9. The lowest BCUT2D eigenvalue weighted by Gasteiger charge is -2.13. The summed E-state index contributed by atoms with van der Waals surface area (Å²) >= 11 is 0. The number of nitrogens with one attached hydrogen (secondary N) is 2. The number of aromatic amines is 1. The zero-order valence-corrected chi connectivity index (χ0v) is 12.5. The molecule has 24 heavy (non-hydrogen) atoms. The minimum Gasteiger partial charge on any atom is -0.495 e. The molecule has 0 fully saturated rings. The number of ether oxygens (including phenoxy) is 1. The Morgan fingerprint density at radius 3 is 2.54 bits per heavy atom. The van der Waals surface area contributed by atoms with E-state index in [9.17, 15) is 27.6 Å². The van der Waals surface area contributed by atoms with E-state index in [1.54, 1.807) is 0 Å². The van der Waals surface area contributed by atoms with Gasteiger partial charge in [-0.25, -0.2) is 4.79 Å². The number of hydrogen-bond acceptors (Lipinski definition) is 4. The quantitative estimate of drug-likeness (QED) is 0.880. The van der Waals surface area contributed by atoms with Crippen LogP contribution in [0.25, 0.3) is 0 Å². The van der Waals surface area contributed by atoms with Crippen molar-refractivity contribution in [1.29, 1.82) is 0 Å². The maximum Gasteiger partial charge on any atom is 0.416 e. The maximum absolute atomic E-state index is 12.8. The molecule has 1 aromatic heterocycles. The summed E-state index contributed by atoms with van der Waals surface area (Å²) in [4.78, 5) is 37.5. The second kappa shape index (κ2) is 6.22. The van der Waals surface area contributed by atoms with Crippen LogP contribution in [0.5, 0.6) is 5.75 Å². The molecule has 1 aromatic carbocycles. The Morgan fingerprint density at radius 2 is 1.96 bits per heavy atom. The number of carbonyl (C=O) groups is 1. The topological polar surface area (TPSA) is 93.2 Å². The number of nitrogens with zero attached hydrogens (tertiary/aromatic N) is 1. The first-order chi connectivity index (χ1) is 11.1. The van der Waals surface area contributed by atoms with E-state index < -0.39 is 34.5 Å². The molecule has 1 amide bonds. The normalized spacial score (nSPS) is 11.2. The molecule has 128 valence electrons. The average Bonchev–Trinajstić information content (AvgIpc) is 2.51. The first-order valence-electron chi connectivity index (χ1n) is 6.50. The summed E-state index contributed by atoms with van der Waals surface area (Å²) in [6.45, 7) is 0. The van der Waals surface area contributed by atoms with Gasteiger partial charge in [0.1, 0.15) is 11.3 Å². The van der Waals surface area contributed by atoms with Crippen molar-refractivity contribution in [3.63, 3.8) is 0 Å². The van der Waals surface area contributed by atoms with Crippen molar-refractivity contribution in [3.05, 3.63) is 56.4 Å². The SMILES string of the molecule is COc1ccc(C(F)(F)F)cc1NC(=O)c1c[nH]c(=O)n(C)c1=O. The first-order valence-corrected chi connectivity index (χ1v) is 6.50. The Kier molecular flexibility index (Phi) is 4.49. The minimum atomic E-state index is -4.61. The third kappa shape index (κ3) is 3.31. The van der Waals surface area contributed by atoms with Crippen molar-refractivity contribution >= 4 is 11.6 Å². The summed E-state index contributed by atoms with van der Waals surface area (Å²) in [6.07, 6.45) is -3.72. The molecule has 2 N–H and O–H groups in total. The van der Waals surface area contributed by atoms with E-state index in [1.807, 2.05) is 0 Å². The summed E-state index contributed by atoms with van der Waals surface area (Å²) in [7, 11) is 2.38. The van der Waals surface area contributed by atoms with E-state index in [0.717, 1.165) is 25.4 Å². The van der Waals surface area contributed by atoms with Gasteiger partial charge in [0.15, 0.2) is 0 Å². The van der Waals surface area contributed by atoms with Gasteiger partial charge in [-0.2, -0.15) is 13.2 Å². The van der Waals surface area contributed by atoms with Gasteiger partial charge in [-0.15, -0.1) is 0 Å². The van der Waals surface area contributed by atoms with Gasteiger partial charge < -0.3 is 15.0 Å². The summed E-state index contributed by atoms with van der Waals surface area (Å²) in [5.41, 5.74) is -3.30. The Labute approximate surface area is 132 Å². The van der Waals surface area contributed by atoms with Crippen LogP contribution in [0.15, 0.2) is 34.0 Å². The molecule has 0 saturated carbocycles. The molecular formula is C14H12F3N3O4. The van der Waals surface area contributed by atoms with Crippen LogP contribution in [0.2, 0.25) is 0 Å². The fourth-order valence-corrected chi connectivity index (χ4v) is 1.90. The van der Waals surface area contributed by atoms with Crippen LogP contribution in [0.4, 0.5) is 18.9 Å². The Hall–Kier alpha value is -3.04. The van der Waals surface area contributed by atoms with Crippen LogP contribution < -0.4 is 21.3 Å². The van der Waals surface area contributed by atoms with Crippen LogP contribution in [-0.4, -0.2) is 22.6 Å². The molecule has 10 heteroatoms. The molecular weight excluding hydrogens is 331 g/mol. The minimum absolute atomic E-state index is 0.0161. The van der Waals surface area contributed by atoms with E-state index >= 15 is 0 Å². The summed E-state index contributed by atoms with van der Waals surface area (Å²) in [5, 5.41) is 2.18. The first kappa shape index (κ1) is 17.3. The zero-order valence-electron chi connectivity index (χ0n) is 12.5. The second-order valence-electron chi connectivity index (χ2n) is 4.74. The maximum atomic E-state index is 12.8. The van der Waals surface area contributed by atoms with Crippen LogP contribution in [0.1, 0.15) is 15.9 Å². The molecule has 0 saturated heterocycles. The van der Waals surface area contributed by atoms with Crippen molar-refractivity contribution in [2.45, 2.75) is 6.18 Å². The largest absolute Gasteiger partial charge is 0.495 e. The third-order valence-electron chi connectivity index (χ3n) is 3.20.